The summed E-state index contributed by atoms with van der Waals surface area (Å²) in [6.07, 6.45) is 20.7. The Morgan fingerprint density at radius 3 is 1.31 bits per heavy atom. The van der Waals surface area contributed by atoms with E-state index in [1.807, 2.05) is 36.7 Å². The van der Waals surface area contributed by atoms with E-state index in [1.165, 1.54) is 16.7 Å². The fourth-order valence-corrected chi connectivity index (χ4v) is 9.46. The summed E-state index contributed by atoms with van der Waals surface area (Å²) in [5.74, 6) is 5.05. The minimum absolute atomic E-state index is 0.430. The van der Waals surface area contributed by atoms with Crippen LogP contribution in [-0.2, 0) is 13.1 Å². The van der Waals surface area contributed by atoms with Gasteiger partial charge in [-0.1, -0.05) is 62.4 Å². The number of aryl methyl sites for hydroxylation is 2. The molecule has 0 saturated heterocycles. The molecule has 314 valence electrons. The van der Waals surface area contributed by atoms with Crippen molar-refractivity contribution in [2.45, 2.75) is 89.6 Å². The van der Waals surface area contributed by atoms with E-state index in [4.69, 9.17) is 9.47 Å². The zero-order valence-corrected chi connectivity index (χ0v) is 36.2. The Hall–Kier alpha value is -6.47. The number of unbranched alkanes of at least 4 members (excludes halogenated alkanes) is 2. The first-order valence-corrected chi connectivity index (χ1v) is 22.8. The molecule has 4 aromatic carbocycles. The SMILES string of the molecule is CCC(CC(CC(C)c1cc[n+](CCCCN2c3ccccc3Oc3ccccc32)cc1)c1ccncc1)c1cc[n+](CCCCN2c3ccccc3Oc3ccccc32)cc1. The highest BCUT2D eigenvalue weighted by molar-refractivity contribution is 5.78. The van der Waals surface area contributed by atoms with E-state index in [1.54, 1.807) is 0 Å². The van der Waals surface area contributed by atoms with Gasteiger partial charge in [0.1, 0.15) is 13.1 Å². The largest absolute Gasteiger partial charge is 0.453 e. The minimum atomic E-state index is 0.430. The van der Waals surface area contributed by atoms with Crippen LogP contribution in [0.2, 0.25) is 0 Å². The number of rotatable bonds is 18. The molecule has 7 nitrogen and oxygen atoms in total. The highest BCUT2D eigenvalue weighted by Crippen LogP contribution is 2.47. The summed E-state index contributed by atoms with van der Waals surface area (Å²) in [6.45, 7) is 8.64. The second-order valence-electron chi connectivity index (χ2n) is 17.0. The van der Waals surface area contributed by atoms with Gasteiger partial charge in [0.25, 0.3) is 0 Å². The van der Waals surface area contributed by atoms with Gasteiger partial charge in [-0.25, -0.2) is 9.13 Å². The topological polar surface area (TPSA) is 45.6 Å². The Morgan fingerprint density at radius 1 is 0.468 bits per heavy atom. The third kappa shape index (κ3) is 9.37. The van der Waals surface area contributed by atoms with Gasteiger partial charge in [0.2, 0.25) is 0 Å². The molecular weight excluding hydrogens is 763 g/mol. The van der Waals surface area contributed by atoms with E-state index in [-0.39, 0.29) is 0 Å². The van der Waals surface area contributed by atoms with Crippen molar-refractivity contribution in [1.82, 2.24) is 4.98 Å². The fraction of sp³-hybridized carbons (Fsp3) is 0.291. The van der Waals surface area contributed by atoms with Crippen molar-refractivity contribution in [3.63, 3.8) is 0 Å². The number of hydrogen-bond donors (Lipinski definition) is 0. The summed E-state index contributed by atoms with van der Waals surface area (Å²) in [6, 6.07) is 47.3. The van der Waals surface area contributed by atoms with Crippen molar-refractivity contribution >= 4 is 22.7 Å². The molecule has 0 bridgehead atoms. The average molecular weight is 822 g/mol. The summed E-state index contributed by atoms with van der Waals surface area (Å²) in [7, 11) is 0. The lowest BCUT2D eigenvalue weighted by Gasteiger charge is -2.32. The molecule has 3 atom stereocenters. The molecule has 3 aromatic heterocycles. The van der Waals surface area contributed by atoms with Crippen molar-refractivity contribution in [2.75, 3.05) is 22.9 Å². The molecule has 0 fully saturated rings. The number of hydrogen-bond acceptors (Lipinski definition) is 5. The van der Waals surface area contributed by atoms with Crippen LogP contribution in [-0.4, -0.2) is 18.1 Å². The zero-order chi connectivity index (χ0) is 42.1. The molecule has 7 aromatic rings. The molecule has 2 aliphatic heterocycles. The smallest absolute Gasteiger partial charge is 0.169 e. The lowest BCUT2D eigenvalue weighted by atomic mass is 9.79. The number of nitrogens with zero attached hydrogens (tertiary/aromatic N) is 5. The number of aromatic nitrogens is 3. The summed E-state index contributed by atoms with van der Waals surface area (Å²) in [5, 5.41) is 0. The number of pyridine rings is 3. The van der Waals surface area contributed by atoms with Gasteiger partial charge in [-0.3, -0.25) is 4.98 Å². The lowest BCUT2D eigenvalue weighted by Crippen LogP contribution is -2.33. The van der Waals surface area contributed by atoms with Gasteiger partial charge in [0.05, 0.1) is 22.7 Å². The summed E-state index contributed by atoms with van der Waals surface area (Å²) < 4.78 is 17.1. The van der Waals surface area contributed by atoms with Gasteiger partial charge >= 0.3 is 0 Å². The van der Waals surface area contributed by atoms with E-state index in [9.17, 15) is 0 Å². The van der Waals surface area contributed by atoms with E-state index in [0.717, 1.165) is 117 Å². The third-order valence-electron chi connectivity index (χ3n) is 12.9. The first kappa shape index (κ1) is 40.9. The van der Waals surface area contributed by atoms with Crippen LogP contribution >= 0.6 is 0 Å². The van der Waals surface area contributed by atoms with Crippen LogP contribution in [0.15, 0.2) is 171 Å². The van der Waals surface area contributed by atoms with Crippen molar-refractivity contribution in [1.29, 1.82) is 0 Å². The summed E-state index contributed by atoms with van der Waals surface area (Å²) in [4.78, 5) is 9.20. The Morgan fingerprint density at radius 2 is 0.871 bits per heavy atom. The van der Waals surface area contributed by atoms with E-state index in [2.05, 4.69) is 172 Å². The number of ether oxygens (including phenoxy) is 2. The van der Waals surface area contributed by atoms with Gasteiger partial charge in [-0.2, -0.15) is 0 Å². The number of para-hydroxylation sites is 8. The molecule has 0 aliphatic carbocycles. The maximum atomic E-state index is 6.20. The van der Waals surface area contributed by atoms with E-state index < -0.39 is 0 Å². The summed E-state index contributed by atoms with van der Waals surface area (Å²) >= 11 is 0. The van der Waals surface area contributed by atoms with Gasteiger partial charge in [-0.05, 0) is 127 Å². The van der Waals surface area contributed by atoms with Gasteiger partial charge < -0.3 is 19.3 Å². The van der Waals surface area contributed by atoms with Crippen LogP contribution in [0, 0.1) is 0 Å². The van der Waals surface area contributed by atoms with E-state index in [0.29, 0.717) is 17.8 Å². The Balaban J connectivity index is 0.779. The molecule has 0 N–H and O–H groups in total. The molecule has 3 unspecified atom stereocenters. The fourth-order valence-electron chi connectivity index (χ4n) is 9.46. The highest BCUT2D eigenvalue weighted by atomic mass is 16.5. The lowest BCUT2D eigenvalue weighted by molar-refractivity contribution is -0.697. The van der Waals surface area contributed by atoms with Gasteiger partial charge in [0, 0.05) is 62.6 Å². The molecule has 0 spiro atoms. The second kappa shape index (κ2) is 19.5. The number of fused-ring (bicyclic) bond motifs is 4. The van der Waals surface area contributed by atoms with Crippen molar-refractivity contribution in [3.05, 3.63) is 187 Å². The third-order valence-corrected chi connectivity index (χ3v) is 12.9. The van der Waals surface area contributed by atoms with Gasteiger partial charge in [-0.15, -0.1) is 0 Å². The second-order valence-corrected chi connectivity index (χ2v) is 17.0. The Kier molecular flexibility index (Phi) is 12.9. The number of benzene rings is 4. The van der Waals surface area contributed by atoms with Crippen LogP contribution in [0.1, 0.15) is 93.2 Å². The Bertz CT molecular complexity index is 2430. The quantitative estimate of drug-likeness (QED) is 0.0637. The molecular formula is C55H59N5O2+2. The molecule has 5 heterocycles. The maximum absolute atomic E-state index is 6.20. The van der Waals surface area contributed by atoms with Crippen LogP contribution in [0.5, 0.6) is 23.0 Å². The molecule has 62 heavy (non-hydrogen) atoms. The highest BCUT2D eigenvalue weighted by Gasteiger charge is 2.26. The van der Waals surface area contributed by atoms with Crippen LogP contribution in [0.25, 0.3) is 0 Å². The molecule has 0 saturated carbocycles. The average Bonchev–Trinajstić information content (AvgIpc) is 3.33. The first-order chi connectivity index (χ1) is 30.6. The maximum Gasteiger partial charge on any atom is 0.169 e. The normalized spacial score (nSPS) is 14.0. The molecule has 0 amide bonds. The van der Waals surface area contributed by atoms with Crippen molar-refractivity contribution in [2.24, 2.45) is 0 Å². The predicted molar refractivity (Wildman–Crippen MR) is 249 cm³/mol. The van der Waals surface area contributed by atoms with Crippen LogP contribution in [0.3, 0.4) is 0 Å². The predicted octanol–water partition coefficient (Wildman–Crippen LogP) is 13.0. The van der Waals surface area contributed by atoms with Crippen molar-refractivity contribution < 1.29 is 18.6 Å². The standard InChI is InChI=1S/C55H59N5O2/c1-3-43(46-28-38-58(39-29-46)33-13-15-35-60-50-18-6-10-22-54(50)62-55-23-11-7-19-51(55)60)41-47(45-24-30-56-31-25-45)40-42(2)44-26-36-57(37-27-44)32-12-14-34-59-48-16-4-8-20-52(48)61-53-21-9-5-17-49(53)59/h4-11,16-31,36-39,42-43,47H,3,12-15,32-35,40-41H2,1-2H3/q+2. The van der Waals surface area contributed by atoms with Crippen LogP contribution < -0.4 is 28.4 Å². The molecule has 7 heteroatoms. The Labute approximate surface area is 367 Å². The monoisotopic (exact) mass is 821 g/mol. The minimum Gasteiger partial charge on any atom is -0.453 e. The van der Waals surface area contributed by atoms with E-state index >= 15 is 0 Å². The molecule has 2 aliphatic rings. The molecule has 0 radical (unpaired) electrons. The first-order valence-electron chi connectivity index (χ1n) is 22.8. The number of anilines is 4. The van der Waals surface area contributed by atoms with Crippen LogP contribution in [0.4, 0.5) is 22.7 Å². The van der Waals surface area contributed by atoms with Crippen molar-refractivity contribution in [3.8, 4) is 23.0 Å². The molecule has 9 rings (SSSR count). The zero-order valence-electron chi connectivity index (χ0n) is 36.2. The van der Waals surface area contributed by atoms with Gasteiger partial charge in [0.15, 0.2) is 47.8 Å². The summed E-state index contributed by atoms with van der Waals surface area (Å²) in [5.41, 5.74) is 8.80.